The maximum absolute atomic E-state index is 11.9. The lowest BCUT2D eigenvalue weighted by atomic mass is 9.69. The van der Waals surface area contributed by atoms with E-state index in [4.69, 9.17) is 0 Å². The van der Waals surface area contributed by atoms with Crippen LogP contribution in [0.1, 0.15) is 28.8 Å². The van der Waals surface area contributed by atoms with Gasteiger partial charge in [0.25, 0.3) is 5.56 Å². The molecule has 4 rings (SSSR count). The van der Waals surface area contributed by atoms with Crippen LogP contribution in [0.15, 0.2) is 33.9 Å². The topological polar surface area (TPSA) is 65.7 Å². The van der Waals surface area contributed by atoms with E-state index in [1.807, 2.05) is 11.8 Å². The van der Waals surface area contributed by atoms with E-state index in [1.165, 1.54) is 11.1 Å². The Balaban J connectivity index is 1.86. The summed E-state index contributed by atoms with van der Waals surface area (Å²) in [6, 6.07) is 8.58. The molecule has 0 fully saturated rings. The summed E-state index contributed by atoms with van der Waals surface area (Å²) in [5.74, 6) is 2.11. The van der Waals surface area contributed by atoms with Crippen molar-refractivity contribution in [3.05, 3.63) is 67.5 Å². The number of nitrogens with one attached hydrogen (secondary N) is 2. The standard InChI is InChI=1S/C16H16N2O2S/c19-14-11-5-6-16(7-13(11)17-15(20)18-14)9-21-8-10-3-1-2-4-12(10)16/h1-4H,5-9H2,(H2,17,18,19,20). The first kappa shape index (κ1) is 13.0. The van der Waals surface area contributed by atoms with Gasteiger partial charge in [-0.05, 0) is 30.4 Å². The van der Waals surface area contributed by atoms with Crippen LogP contribution in [0.2, 0.25) is 0 Å². The highest BCUT2D eigenvalue weighted by Crippen LogP contribution is 2.45. The first-order valence-electron chi connectivity index (χ1n) is 7.18. The van der Waals surface area contributed by atoms with Gasteiger partial charge in [0, 0.05) is 28.2 Å². The summed E-state index contributed by atoms with van der Waals surface area (Å²) in [5.41, 5.74) is 3.82. The Hall–Kier alpha value is -1.75. The van der Waals surface area contributed by atoms with Crippen LogP contribution in [0.5, 0.6) is 0 Å². The molecule has 1 unspecified atom stereocenters. The Bertz CT molecular complexity index is 824. The fourth-order valence-electron chi connectivity index (χ4n) is 3.72. The molecular formula is C16H16N2O2S. The molecule has 0 radical (unpaired) electrons. The zero-order chi connectivity index (χ0) is 14.4. The van der Waals surface area contributed by atoms with Crippen LogP contribution in [0.25, 0.3) is 0 Å². The number of benzene rings is 1. The van der Waals surface area contributed by atoms with Gasteiger partial charge < -0.3 is 4.98 Å². The molecule has 2 aliphatic rings. The minimum Gasteiger partial charge on any atom is -0.311 e. The number of hydrogen-bond acceptors (Lipinski definition) is 3. The fourth-order valence-corrected chi connectivity index (χ4v) is 5.08. The van der Waals surface area contributed by atoms with E-state index in [-0.39, 0.29) is 11.0 Å². The van der Waals surface area contributed by atoms with Crippen molar-refractivity contribution in [1.29, 1.82) is 0 Å². The lowest BCUT2D eigenvalue weighted by molar-refractivity contribution is 0.401. The molecule has 0 saturated heterocycles. The van der Waals surface area contributed by atoms with Gasteiger partial charge in [0.15, 0.2) is 0 Å². The maximum atomic E-state index is 11.9. The Morgan fingerprint density at radius 3 is 2.90 bits per heavy atom. The predicted molar refractivity (Wildman–Crippen MR) is 84.0 cm³/mol. The molecule has 1 aliphatic carbocycles. The van der Waals surface area contributed by atoms with Gasteiger partial charge in [-0.25, -0.2) is 4.79 Å². The molecule has 1 aromatic heterocycles. The first-order valence-corrected chi connectivity index (χ1v) is 8.34. The number of H-pyrrole nitrogens is 2. The molecule has 0 bridgehead atoms. The van der Waals surface area contributed by atoms with Crippen molar-refractivity contribution in [3.8, 4) is 0 Å². The number of thioether (sulfide) groups is 1. The third kappa shape index (κ3) is 1.99. The SMILES string of the molecule is O=c1[nH]c2c(c(=O)[nH]1)CCC1(CSCc3ccccc31)C2. The number of aromatic amines is 2. The van der Waals surface area contributed by atoms with Crippen molar-refractivity contribution in [2.24, 2.45) is 0 Å². The molecule has 5 heteroatoms. The van der Waals surface area contributed by atoms with Crippen LogP contribution in [-0.2, 0) is 24.0 Å². The number of fused-ring (bicyclic) bond motifs is 3. The molecule has 2 N–H and O–H groups in total. The quantitative estimate of drug-likeness (QED) is 0.779. The van der Waals surface area contributed by atoms with Gasteiger partial charge in [-0.1, -0.05) is 24.3 Å². The molecule has 1 aliphatic heterocycles. The van der Waals surface area contributed by atoms with Gasteiger partial charge >= 0.3 is 5.69 Å². The molecule has 0 saturated carbocycles. The van der Waals surface area contributed by atoms with Gasteiger partial charge in [0.05, 0.1) is 0 Å². The monoisotopic (exact) mass is 300 g/mol. The number of hydrogen-bond donors (Lipinski definition) is 2. The summed E-state index contributed by atoms with van der Waals surface area (Å²) in [6.07, 6.45) is 2.46. The molecule has 1 spiro atoms. The molecule has 2 aromatic rings. The Morgan fingerprint density at radius 2 is 2.00 bits per heavy atom. The molecule has 1 atom stereocenters. The second-order valence-electron chi connectivity index (χ2n) is 5.97. The third-order valence-electron chi connectivity index (χ3n) is 4.72. The van der Waals surface area contributed by atoms with E-state index < -0.39 is 5.69 Å². The molecule has 2 heterocycles. The number of aromatic nitrogens is 2. The van der Waals surface area contributed by atoms with Crippen LogP contribution < -0.4 is 11.2 Å². The van der Waals surface area contributed by atoms with Crippen molar-refractivity contribution in [2.75, 3.05) is 5.75 Å². The highest BCUT2D eigenvalue weighted by molar-refractivity contribution is 7.98. The normalized spacial score (nSPS) is 23.6. The molecule has 4 nitrogen and oxygen atoms in total. The minimum atomic E-state index is -0.396. The fraction of sp³-hybridized carbons (Fsp3) is 0.375. The Morgan fingerprint density at radius 1 is 1.14 bits per heavy atom. The van der Waals surface area contributed by atoms with Crippen LogP contribution >= 0.6 is 11.8 Å². The highest BCUT2D eigenvalue weighted by Gasteiger charge is 2.40. The second kappa shape index (κ2) is 4.63. The average molecular weight is 300 g/mol. The van der Waals surface area contributed by atoms with E-state index in [9.17, 15) is 9.59 Å². The van der Waals surface area contributed by atoms with Crippen LogP contribution in [0.4, 0.5) is 0 Å². The summed E-state index contributed by atoms with van der Waals surface area (Å²) >= 11 is 1.95. The van der Waals surface area contributed by atoms with E-state index in [0.29, 0.717) is 0 Å². The molecule has 0 amide bonds. The molecular weight excluding hydrogens is 284 g/mol. The predicted octanol–water partition coefficient (Wildman–Crippen LogP) is 1.74. The zero-order valence-corrected chi connectivity index (χ0v) is 12.4. The van der Waals surface area contributed by atoms with E-state index in [1.54, 1.807) is 0 Å². The maximum Gasteiger partial charge on any atom is 0.325 e. The second-order valence-corrected chi connectivity index (χ2v) is 6.96. The largest absolute Gasteiger partial charge is 0.325 e. The van der Waals surface area contributed by atoms with E-state index >= 15 is 0 Å². The lowest BCUT2D eigenvalue weighted by Gasteiger charge is -2.41. The Labute approximate surface area is 126 Å². The third-order valence-corrected chi connectivity index (χ3v) is 6.00. The zero-order valence-electron chi connectivity index (χ0n) is 11.6. The van der Waals surface area contributed by atoms with Crippen molar-refractivity contribution >= 4 is 11.8 Å². The highest BCUT2D eigenvalue weighted by atomic mass is 32.2. The average Bonchev–Trinajstić information content (AvgIpc) is 2.47. The summed E-state index contributed by atoms with van der Waals surface area (Å²) in [7, 11) is 0. The van der Waals surface area contributed by atoms with Gasteiger partial charge in [-0.2, -0.15) is 11.8 Å². The van der Waals surface area contributed by atoms with Crippen LogP contribution in [0, 0.1) is 0 Å². The summed E-state index contributed by atoms with van der Waals surface area (Å²) in [4.78, 5) is 28.7. The van der Waals surface area contributed by atoms with Crippen molar-refractivity contribution in [2.45, 2.75) is 30.4 Å². The first-order chi connectivity index (χ1) is 10.2. The summed E-state index contributed by atoms with van der Waals surface area (Å²) in [5, 5.41) is 0. The van der Waals surface area contributed by atoms with Gasteiger partial charge in [0.2, 0.25) is 0 Å². The summed E-state index contributed by atoms with van der Waals surface area (Å²) < 4.78 is 0. The van der Waals surface area contributed by atoms with Gasteiger partial charge in [-0.15, -0.1) is 0 Å². The lowest BCUT2D eigenvalue weighted by Crippen LogP contribution is -2.42. The van der Waals surface area contributed by atoms with E-state index in [0.717, 1.165) is 42.0 Å². The van der Waals surface area contributed by atoms with Crippen molar-refractivity contribution in [1.82, 2.24) is 9.97 Å². The van der Waals surface area contributed by atoms with Crippen molar-refractivity contribution < 1.29 is 0 Å². The number of rotatable bonds is 0. The van der Waals surface area contributed by atoms with E-state index in [2.05, 4.69) is 34.2 Å². The van der Waals surface area contributed by atoms with Crippen LogP contribution in [0.3, 0.4) is 0 Å². The molecule has 1 aromatic carbocycles. The minimum absolute atomic E-state index is 0.0588. The van der Waals surface area contributed by atoms with Gasteiger partial charge in [-0.3, -0.25) is 9.78 Å². The molecule has 108 valence electrons. The van der Waals surface area contributed by atoms with Crippen molar-refractivity contribution in [3.63, 3.8) is 0 Å². The summed E-state index contributed by atoms with van der Waals surface area (Å²) in [6.45, 7) is 0. The van der Waals surface area contributed by atoms with Gasteiger partial charge in [0.1, 0.15) is 0 Å². The molecule has 21 heavy (non-hydrogen) atoms. The van der Waals surface area contributed by atoms with Crippen LogP contribution in [-0.4, -0.2) is 15.7 Å². The Kier molecular flexibility index (Phi) is 2.85. The smallest absolute Gasteiger partial charge is 0.311 e.